The lowest BCUT2D eigenvalue weighted by Gasteiger charge is -2.24. The van der Waals surface area contributed by atoms with Crippen LogP contribution in [0.4, 0.5) is 0 Å². The van der Waals surface area contributed by atoms with Crippen molar-refractivity contribution in [2.45, 2.75) is 31.2 Å². The molecule has 5 heteroatoms. The van der Waals surface area contributed by atoms with E-state index >= 15 is 0 Å². The van der Waals surface area contributed by atoms with Gasteiger partial charge in [-0.15, -0.1) is 11.6 Å². The number of benzene rings is 1. The lowest BCUT2D eigenvalue weighted by atomic mass is 10.2. The summed E-state index contributed by atoms with van der Waals surface area (Å²) in [5, 5.41) is 8.60. The Morgan fingerprint density at radius 2 is 2.00 bits per heavy atom. The Kier molecular flexibility index (Phi) is 5.68. The van der Waals surface area contributed by atoms with E-state index in [-0.39, 0.29) is 6.16 Å². The van der Waals surface area contributed by atoms with Crippen LogP contribution < -0.4 is 0 Å². The number of hydrogen-bond acceptors (Lipinski definition) is 3. The van der Waals surface area contributed by atoms with Crippen molar-refractivity contribution in [1.82, 2.24) is 0 Å². The van der Waals surface area contributed by atoms with Crippen molar-refractivity contribution >= 4 is 19.0 Å². The first-order chi connectivity index (χ1) is 7.99. The van der Waals surface area contributed by atoms with Crippen LogP contribution in [0.25, 0.3) is 0 Å². The van der Waals surface area contributed by atoms with Crippen molar-refractivity contribution in [3.8, 4) is 0 Å². The molecule has 1 rings (SSSR count). The number of rotatable bonds is 6. The van der Waals surface area contributed by atoms with E-state index in [4.69, 9.17) is 16.1 Å². The van der Waals surface area contributed by atoms with E-state index in [9.17, 15) is 9.67 Å². The highest BCUT2D eigenvalue weighted by Gasteiger charge is 2.35. The lowest BCUT2D eigenvalue weighted by molar-refractivity contribution is 0.199. The molecular weight excluding hydrogens is 259 g/mol. The van der Waals surface area contributed by atoms with E-state index in [1.165, 1.54) is 6.92 Å². The zero-order valence-electron chi connectivity index (χ0n) is 10.0. The van der Waals surface area contributed by atoms with Crippen LogP contribution in [-0.2, 0) is 15.3 Å². The van der Waals surface area contributed by atoms with Gasteiger partial charge in [-0.2, -0.15) is 0 Å². The van der Waals surface area contributed by atoms with Gasteiger partial charge in [-0.25, -0.2) is 0 Å². The molecule has 0 spiro atoms. The molecule has 0 heterocycles. The smallest absolute Gasteiger partial charge is 0.227 e. The normalized spacial score (nSPS) is 18.4. The van der Waals surface area contributed by atoms with Gasteiger partial charge in [0.1, 0.15) is 5.12 Å². The van der Waals surface area contributed by atoms with Gasteiger partial charge in [-0.1, -0.05) is 30.3 Å². The number of aliphatic hydroxyl groups is 1. The molecule has 0 aliphatic rings. The molecule has 0 saturated heterocycles. The third-order valence-electron chi connectivity index (χ3n) is 2.37. The first kappa shape index (κ1) is 14.7. The summed E-state index contributed by atoms with van der Waals surface area (Å²) in [6.07, 6.45) is -0.612. The summed E-state index contributed by atoms with van der Waals surface area (Å²) in [5.74, 6) is 0. The summed E-state index contributed by atoms with van der Waals surface area (Å²) in [4.78, 5) is 0. The van der Waals surface area contributed by atoms with E-state index in [2.05, 4.69) is 0 Å². The highest BCUT2D eigenvalue weighted by molar-refractivity contribution is 7.60. The SMILES string of the molecule is CCOP(=O)(Cc1ccccc1)C(Cl)[C@@H](C)O. The fourth-order valence-electron chi connectivity index (χ4n) is 1.59. The van der Waals surface area contributed by atoms with Crippen LogP contribution in [0.15, 0.2) is 30.3 Å². The quantitative estimate of drug-likeness (QED) is 0.639. The van der Waals surface area contributed by atoms with Gasteiger partial charge in [0, 0.05) is 0 Å². The van der Waals surface area contributed by atoms with Gasteiger partial charge in [-0.3, -0.25) is 4.57 Å². The zero-order valence-corrected chi connectivity index (χ0v) is 11.7. The molecule has 0 aliphatic carbocycles. The highest BCUT2D eigenvalue weighted by atomic mass is 35.5. The third-order valence-corrected chi connectivity index (χ3v) is 6.31. The van der Waals surface area contributed by atoms with Crippen molar-refractivity contribution in [3.05, 3.63) is 35.9 Å². The first-order valence-corrected chi connectivity index (χ1v) is 7.90. The Labute approximate surface area is 107 Å². The van der Waals surface area contributed by atoms with Crippen LogP contribution in [0.2, 0.25) is 0 Å². The summed E-state index contributed by atoms with van der Waals surface area (Å²) in [6, 6.07) is 9.38. The average molecular weight is 277 g/mol. The van der Waals surface area contributed by atoms with E-state index in [1.807, 2.05) is 30.3 Å². The largest absolute Gasteiger partial charge is 0.391 e. The van der Waals surface area contributed by atoms with Gasteiger partial charge in [0.25, 0.3) is 0 Å². The molecule has 0 radical (unpaired) electrons. The molecule has 3 atom stereocenters. The number of alkyl halides is 1. The van der Waals surface area contributed by atoms with Gasteiger partial charge < -0.3 is 9.63 Å². The second-order valence-corrected chi connectivity index (χ2v) is 7.26. The second-order valence-electron chi connectivity index (χ2n) is 3.90. The monoisotopic (exact) mass is 276 g/mol. The molecule has 0 aromatic heterocycles. The Hall–Kier alpha value is -0.340. The fraction of sp³-hybridized carbons (Fsp3) is 0.500. The summed E-state index contributed by atoms with van der Waals surface area (Å²) in [7, 11) is -3.07. The summed E-state index contributed by atoms with van der Waals surface area (Å²) >= 11 is 6.01. The van der Waals surface area contributed by atoms with Crippen LogP contribution in [0.1, 0.15) is 19.4 Å². The highest BCUT2D eigenvalue weighted by Crippen LogP contribution is 2.57. The summed E-state index contributed by atoms with van der Waals surface area (Å²) in [6.45, 7) is 3.61. The minimum atomic E-state index is -3.07. The van der Waals surface area contributed by atoms with Crippen molar-refractivity contribution in [1.29, 1.82) is 0 Å². The fourth-order valence-corrected chi connectivity index (χ4v) is 4.19. The van der Waals surface area contributed by atoms with Crippen LogP contribution in [-0.4, -0.2) is 22.9 Å². The molecule has 17 heavy (non-hydrogen) atoms. The summed E-state index contributed by atoms with van der Waals surface area (Å²) < 4.78 is 17.9. The Morgan fingerprint density at radius 1 is 1.41 bits per heavy atom. The second kappa shape index (κ2) is 6.55. The average Bonchev–Trinajstić information content (AvgIpc) is 2.29. The van der Waals surface area contributed by atoms with Crippen molar-refractivity contribution < 1.29 is 14.2 Å². The molecule has 1 N–H and O–H groups in total. The number of halogens is 1. The Bertz CT molecular complexity index is 381. The van der Waals surface area contributed by atoms with E-state index < -0.39 is 18.6 Å². The Morgan fingerprint density at radius 3 is 2.47 bits per heavy atom. The first-order valence-electron chi connectivity index (χ1n) is 5.59. The maximum absolute atomic E-state index is 12.6. The van der Waals surface area contributed by atoms with Gasteiger partial charge in [-0.05, 0) is 19.4 Å². The molecule has 0 saturated carbocycles. The predicted octanol–water partition coefficient (Wildman–Crippen LogP) is 3.45. The van der Waals surface area contributed by atoms with Crippen molar-refractivity contribution in [2.75, 3.05) is 6.61 Å². The molecule has 0 amide bonds. The molecule has 1 aromatic carbocycles. The number of hydrogen-bond donors (Lipinski definition) is 1. The van der Waals surface area contributed by atoms with Crippen molar-refractivity contribution in [2.24, 2.45) is 0 Å². The van der Waals surface area contributed by atoms with E-state index in [1.54, 1.807) is 6.92 Å². The minimum absolute atomic E-state index is 0.251. The van der Waals surface area contributed by atoms with Crippen LogP contribution in [0.5, 0.6) is 0 Å². The van der Waals surface area contributed by atoms with Gasteiger partial charge in [0.15, 0.2) is 0 Å². The molecule has 0 fully saturated rings. The maximum Gasteiger partial charge on any atom is 0.227 e. The van der Waals surface area contributed by atoms with Crippen LogP contribution in [0, 0.1) is 0 Å². The van der Waals surface area contributed by atoms with Gasteiger partial charge >= 0.3 is 0 Å². The van der Waals surface area contributed by atoms with Crippen LogP contribution >= 0.6 is 19.0 Å². The standard InChI is InChI=1S/C12H18ClO3P/c1-3-16-17(15,12(13)10(2)14)9-11-7-5-4-6-8-11/h4-8,10,12,14H,3,9H2,1-2H3/t10-,12?,17?/m1/s1. The molecule has 0 bridgehead atoms. The third kappa shape index (κ3) is 4.11. The van der Waals surface area contributed by atoms with Crippen LogP contribution in [0.3, 0.4) is 0 Å². The van der Waals surface area contributed by atoms with E-state index in [0.29, 0.717) is 6.61 Å². The lowest BCUT2D eigenvalue weighted by Crippen LogP contribution is -2.19. The predicted molar refractivity (Wildman–Crippen MR) is 70.7 cm³/mol. The summed E-state index contributed by atoms with van der Waals surface area (Å²) in [5.41, 5.74) is 0.899. The molecule has 96 valence electrons. The maximum atomic E-state index is 12.6. The Balaban J connectivity index is 2.89. The molecule has 3 nitrogen and oxygen atoms in total. The topological polar surface area (TPSA) is 46.5 Å². The minimum Gasteiger partial charge on any atom is -0.391 e. The van der Waals surface area contributed by atoms with Gasteiger partial charge in [0.05, 0.1) is 18.9 Å². The van der Waals surface area contributed by atoms with Gasteiger partial charge in [0.2, 0.25) is 7.37 Å². The molecule has 0 aliphatic heterocycles. The van der Waals surface area contributed by atoms with E-state index in [0.717, 1.165) is 5.56 Å². The zero-order chi connectivity index (χ0) is 12.9. The van der Waals surface area contributed by atoms with Crippen molar-refractivity contribution in [3.63, 3.8) is 0 Å². The molecule has 1 aromatic rings. The number of aliphatic hydroxyl groups excluding tert-OH is 1. The molecule has 2 unspecified atom stereocenters. The molecular formula is C12H18ClO3P.